The molecule has 2 rings (SSSR count). The van der Waals surface area contributed by atoms with E-state index in [1.807, 2.05) is 0 Å². The molecule has 0 heterocycles. The second kappa shape index (κ2) is 5.42. The van der Waals surface area contributed by atoms with E-state index in [0.717, 1.165) is 6.42 Å². The summed E-state index contributed by atoms with van der Waals surface area (Å²) in [5.41, 5.74) is 1.18. The summed E-state index contributed by atoms with van der Waals surface area (Å²) < 4.78 is 26.6. The average molecular weight is 311 g/mol. The summed E-state index contributed by atoms with van der Waals surface area (Å²) in [7, 11) is -2.10. The van der Waals surface area contributed by atoms with Crippen molar-refractivity contribution in [2.75, 3.05) is 13.6 Å². The SMILES string of the molecule is Cc1cc(C)c(S(=O)(=O)N(C)CC2CC2C)cc1C(=O)O. The molecule has 6 heteroatoms. The van der Waals surface area contributed by atoms with E-state index >= 15 is 0 Å². The van der Waals surface area contributed by atoms with Crippen LogP contribution in [0.2, 0.25) is 0 Å². The normalized spacial score (nSPS) is 21.6. The summed E-state index contributed by atoms with van der Waals surface area (Å²) in [5, 5.41) is 9.17. The molecule has 0 amide bonds. The first-order chi connectivity index (χ1) is 9.64. The fourth-order valence-electron chi connectivity index (χ4n) is 2.59. The molecule has 1 fully saturated rings. The van der Waals surface area contributed by atoms with E-state index in [1.165, 1.54) is 10.4 Å². The highest BCUT2D eigenvalue weighted by atomic mass is 32.2. The Morgan fingerprint density at radius 1 is 1.33 bits per heavy atom. The number of carboxylic acid groups (broad SMARTS) is 1. The monoisotopic (exact) mass is 311 g/mol. The molecule has 2 atom stereocenters. The Balaban J connectivity index is 2.39. The van der Waals surface area contributed by atoms with Crippen LogP contribution in [0.15, 0.2) is 17.0 Å². The van der Waals surface area contributed by atoms with E-state index in [4.69, 9.17) is 5.11 Å². The zero-order valence-electron chi connectivity index (χ0n) is 12.8. The molecule has 116 valence electrons. The molecule has 1 N–H and O–H groups in total. The van der Waals surface area contributed by atoms with Crippen LogP contribution in [-0.4, -0.2) is 37.4 Å². The number of carbonyl (C=O) groups is 1. The first-order valence-corrected chi connectivity index (χ1v) is 8.39. The first-order valence-electron chi connectivity index (χ1n) is 6.95. The van der Waals surface area contributed by atoms with Crippen molar-refractivity contribution in [3.63, 3.8) is 0 Å². The number of benzene rings is 1. The molecule has 0 aliphatic heterocycles. The van der Waals surface area contributed by atoms with Crippen molar-refractivity contribution >= 4 is 16.0 Å². The molecule has 5 nitrogen and oxygen atoms in total. The highest BCUT2D eigenvalue weighted by Gasteiger charge is 2.36. The van der Waals surface area contributed by atoms with Crippen LogP contribution >= 0.6 is 0 Å². The van der Waals surface area contributed by atoms with Crippen molar-refractivity contribution in [1.82, 2.24) is 4.31 Å². The lowest BCUT2D eigenvalue weighted by molar-refractivity contribution is 0.0696. The molecule has 1 aliphatic rings. The number of aromatic carboxylic acids is 1. The molecule has 2 unspecified atom stereocenters. The van der Waals surface area contributed by atoms with Gasteiger partial charge in [-0.15, -0.1) is 0 Å². The van der Waals surface area contributed by atoms with Crippen LogP contribution in [0, 0.1) is 25.7 Å². The van der Waals surface area contributed by atoms with Gasteiger partial charge in [0.15, 0.2) is 0 Å². The largest absolute Gasteiger partial charge is 0.478 e. The molecule has 0 spiro atoms. The Labute approximate surface area is 125 Å². The van der Waals surface area contributed by atoms with Gasteiger partial charge in [-0.2, -0.15) is 0 Å². The molecule has 1 aliphatic carbocycles. The van der Waals surface area contributed by atoms with Gasteiger partial charge in [0.1, 0.15) is 0 Å². The number of aryl methyl sites for hydroxylation is 2. The van der Waals surface area contributed by atoms with Crippen molar-refractivity contribution in [1.29, 1.82) is 0 Å². The average Bonchev–Trinajstić information content (AvgIpc) is 3.03. The third-order valence-corrected chi connectivity index (χ3v) is 6.17. The number of hydrogen-bond acceptors (Lipinski definition) is 3. The van der Waals surface area contributed by atoms with Crippen LogP contribution < -0.4 is 0 Å². The molecule has 0 saturated heterocycles. The summed E-state index contributed by atoms with van der Waals surface area (Å²) in [4.78, 5) is 11.3. The van der Waals surface area contributed by atoms with Gasteiger partial charge in [-0.3, -0.25) is 0 Å². The second-order valence-electron chi connectivity index (χ2n) is 6.00. The van der Waals surface area contributed by atoms with Gasteiger partial charge >= 0.3 is 5.97 Å². The van der Waals surface area contributed by atoms with E-state index < -0.39 is 16.0 Å². The molecular formula is C15H21NO4S. The molecule has 1 saturated carbocycles. The molecule has 0 bridgehead atoms. The van der Waals surface area contributed by atoms with Gasteiger partial charge in [0.05, 0.1) is 10.5 Å². The lowest BCUT2D eigenvalue weighted by Crippen LogP contribution is -2.30. The fraction of sp³-hybridized carbons (Fsp3) is 0.533. The summed E-state index contributed by atoms with van der Waals surface area (Å²) in [5.74, 6) is -0.131. The molecular weight excluding hydrogens is 290 g/mol. The van der Waals surface area contributed by atoms with Crippen LogP contribution in [0.4, 0.5) is 0 Å². The Hall–Kier alpha value is -1.40. The van der Waals surface area contributed by atoms with E-state index in [0.29, 0.717) is 29.5 Å². The zero-order chi connectivity index (χ0) is 15.9. The van der Waals surface area contributed by atoms with E-state index in [-0.39, 0.29) is 10.5 Å². The van der Waals surface area contributed by atoms with Crippen molar-refractivity contribution < 1.29 is 18.3 Å². The summed E-state index contributed by atoms with van der Waals surface area (Å²) in [6.45, 7) is 5.95. The van der Waals surface area contributed by atoms with Gasteiger partial charge in [-0.05, 0) is 49.3 Å². The maximum Gasteiger partial charge on any atom is 0.335 e. The van der Waals surface area contributed by atoms with Gasteiger partial charge in [0, 0.05) is 13.6 Å². The lowest BCUT2D eigenvalue weighted by atomic mass is 10.1. The molecule has 1 aromatic rings. The summed E-state index contributed by atoms with van der Waals surface area (Å²) in [6, 6.07) is 2.89. The van der Waals surface area contributed by atoms with E-state index in [9.17, 15) is 13.2 Å². The number of nitrogens with zero attached hydrogens (tertiary/aromatic N) is 1. The van der Waals surface area contributed by atoms with Gasteiger partial charge < -0.3 is 5.11 Å². The maximum atomic E-state index is 12.6. The Bertz CT molecular complexity index is 681. The van der Waals surface area contributed by atoms with Gasteiger partial charge in [-0.1, -0.05) is 13.0 Å². The zero-order valence-corrected chi connectivity index (χ0v) is 13.6. The standard InChI is InChI=1S/C15H21NO4S/c1-9-6-12(9)8-16(4)21(19,20)14-7-13(15(17)18)10(2)5-11(14)3/h5,7,9,12H,6,8H2,1-4H3,(H,17,18). The number of hydrogen-bond donors (Lipinski definition) is 1. The fourth-order valence-corrected chi connectivity index (χ4v) is 4.05. The summed E-state index contributed by atoms with van der Waals surface area (Å²) in [6.07, 6.45) is 1.05. The Morgan fingerprint density at radius 3 is 2.38 bits per heavy atom. The van der Waals surface area contributed by atoms with Crippen molar-refractivity contribution in [3.8, 4) is 0 Å². The predicted octanol–water partition coefficient (Wildman–Crippen LogP) is 2.28. The smallest absolute Gasteiger partial charge is 0.335 e. The number of rotatable bonds is 5. The Kier molecular flexibility index (Phi) is 4.13. The predicted molar refractivity (Wildman–Crippen MR) is 80.0 cm³/mol. The van der Waals surface area contributed by atoms with Crippen LogP contribution in [0.1, 0.15) is 34.8 Å². The molecule has 0 radical (unpaired) electrons. The first kappa shape index (κ1) is 16.0. The number of sulfonamides is 1. The minimum Gasteiger partial charge on any atom is -0.478 e. The van der Waals surface area contributed by atoms with Crippen LogP contribution in [0.3, 0.4) is 0 Å². The third kappa shape index (κ3) is 3.11. The van der Waals surface area contributed by atoms with Crippen LogP contribution in [0.25, 0.3) is 0 Å². The van der Waals surface area contributed by atoms with Crippen LogP contribution in [-0.2, 0) is 10.0 Å². The van der Waals surface area contributed by atoms with Crippen molar-refractivity contribution in [2.45, 2.75) is 32.1 Å². The minimum absolute atomic E-state index is 0.0346. The second-order valence-corrected chi connectivity index (χ2v) is 8.01. The summed E-state index contributed by atoms with van der Waals surface area (Å²) >= 11 is 0. The third-order valence-electron chi connectivity index (χ3n) is 4.21. The number of carboxylic acids is 1. The molecule has 21 heavy (non-hydrogen) atoms. The maximum absolute atomic E-state index is 12.6. The highest BCUT2D eigenvalue weighted by molar-refractivity contribution is 7.89. The molecule has 0 aromatic heterocycles. The van der Waals surface area contributed by atoms with Crippen molar-refractivity contribution in [2.24, 2.45) is 11.8 Å². The van der Waals surface area contributed by atoms with Crippen LogP contribution in [0.5, 0.6) is 0 Å². The van der Waals surface area contributed by atoms with Gasteiger partial charge in [0.2, 0.25) is 10.0 Å². The lowest BCUT2D eigenvalue weighted by Gasteiger charge is -2.19. The van der Waals surface area contributed by atoms with E-state index in [1.54, 1.807) is 27.0 Å². The van der Waals surface area contributed by atoms with E-state index in [2.05, 4.69) is 6.92 Å². The van der Waals surface area contributed by atoms with Gasteiger partial charge in [-0.25, -0.2) is 17.5 Å². The minimum atomic E-state index is -3.65. The van der Waals surface area contributed by atoms with Gasteiger partial charge in [0.25, 0.3) is 0 Å². The topological polar surface area (TPSA) is 74.7 Å². The highest BCUT2D eigenvalue weighted by Crippen LogP contribution is 2.39. The molecule has 1 aromatic carbocycles. The van der Waals surface area contributed by atoms with Crippen molar-refractivity contribution in [3.05, 3.63) is 28.8 Å². The quantitative estimate of drug-likeness (QED) is 0.905. The Morgan fingerprint density at radius 2 is 1.90 bits per heavy atom.